The molecule has 2 N–H and O–H groups in total. The molecule has 2 heterocycles. The standard InChI is InChI=1S/C11H16N2OS/c1-14-11-8(6-12)5-9(7-13-11)10-3-2-4-15-10/h5,7,10H,2-4,6,12H2,1H3. The lowest BCUT2D eigenvalue weighted by molar-refractivity contribution is 0.392. The third-order valence-electron chi connectivity index (χ3n) is 2.66. The van der Waals surface area contributed by atoms with Gasteiger partial charge < -0.3 is 10.5 Å². The molecule has 1 atom stereocenters. The van der Waals surface area contributed by atoms with Gasteiger partial charge in [0.25, 0.3) is 0 Å². The molecule has 0 aromatic carbocycles. The Labute approximate surface area is 94.4 Å². The Morgan fingerprint density at radius 3 is 3.13 bits per heavy atom. The zero-order valence-corrected chi connectivity index (χ0v) is 9.72. The van der Waals surface area contributed by atoms with E-state index in [9.17, 15) is 0 Å². The van der Waals surface area contributed by atoms with Gasteiger partial charge in [0.15, 0.2) is 0 Å². The van der Waals surface area contributed by atoms with E-state index in [4.69, 9.17) is 10.5 Å². The topological polar surface area (TPSA) is 48.1 Å². The summed E-state index contributed by atoms with van der Waals surface area (Å²) in [7, 11) is 1.63. The van der Waals surface area contributed by atoms with Crippen LogP contribution in [-0.4, -0.2) is 17.8 Å². The van der Waals surface area contributed by atoms with E-state index in [1.165, 1.54) is 24.2 Å². The highest BCUT2D eigenvalue weighted by atomic mass is 32.2. The molecule has 1 saturated heterocycles. The zero-order valence-electron chi connectivity index (χ0n) is 8.90. The number of aromatic nitrogens is 1. The maximum absolute atomic E-state index is 5.67. The number of pyridine rings is 1. The van der Waals surface area contributed by atoms with Crippen molar-refractivity contribution in [2.45, 2.75) is 24.6 Å². The van der Waals surface area contributed by atoms with Gasteiger partial charge in [0, 0.05) is 23.6 Å². The van der Waals surface area contributed by atoms with Crippen LogP contribution in [0.3, 0.4) is 0 Å². The smallest absolute Gasteiger partial charge is 0.217 e. The normalized spacial score (nSPS) is 20.5. The van der Waals surface area contributed by atoms with Gasteiger partial charge in [-0.25, -0.2) is 4.98 Å². The van der Waals surface area contributed by atoms with E-state index in [-0.39, 0.29) is 0 Å². The molecule has 3 nitrogen and oxygen atoms in total. The van der Waals surface area contributed by atoms with E-state index in [1.54, 1.807) is 7.11 Å². The number of hydrogen-bond acceptors (Lipinski definition) is 4. The summed E-state index contributed by atoms with van der Waals surface area (Å²) < 4.78 is 5.16. The lowest BCUT2D eigenvalue weighted by Crippen LogP contribution is -2.03. The largest absolute Gasteiger partial charge is 0.481 e. The average molecular weight is 224 g/mol. The molecule has 15 heavy (non-hydrogen) atoms. The molecule has 1 aliphatic heterocycles. The summed E-state index contributed by atoms with van der Waals surface area (Å²) in [5, 5.41) is 0.605. The molecule has 4 heteroatoms. The molecule has 1 fully saturated rings. The molecule has 0 spiro atoms. The number of rotatable bonds is 3. The van der Waals surface area contributed by atoms with Crippen molar-refractivity contribution in [2.75, 3.05) is 12.9 Å². The van der Waals surface area contributed by atoms with Crippen LogP contribution >= 0.6 is 11.8 Å². The number of ether oxygens (including phenoxy) is 1. The number of thioether (sulfide) groups is 1. The van der Waals surface area contributed by atoms with Crippen LogP contribution < -0.4 is 10.5 Å². The Morgan fingerprint density at radius 2 is 2.53 bits per heavy atom. The van der Waals surface area contributed by atoms with Gasteiger partial charge in [0.05, 0.1) is 7.11 Å². The van der Waals surface area contributed by atoms with Crippen molar-refractivity contribution in [1.82, 2.24) is 4.98 Å². The van der Waals surface area contributed by atoms with Gasteiger partial charge in [-0.1, -0.05) is 0 Å². The maximum atomic E-state index is 5.67. The molecule has 2 rings (SSSR count). The third kappa shape index (κ3) is 2.26. The van der Waals surface area contributed by atoms with Crippen molar-refractivity contribution in [3.05, 3.63) is 23.4 Å². The van der Waals surface area contributed by atoms with Crippen molar-refractivity contribution >= 4 is 11.8 Å². The molecular formula is C11H16N2OS. The molecular weight excluding hydrogens is 208 g/mol. The number of nitrogens with two attached hydrogens (primary N) is 1. The molecule has 0 bridgehead atoms. The first-order valence-electron chi connectivity index (χ1n) is 5.19. The highest BCUT2D eigenvalue weighted by Crippen LogP contribution is 2.40. The summed E-state index contributed by atoms with van der Waals surface area (Å²) in [6.07, 6.45) is 4.48. The molecule has 0 aliphatic carbocycles. The van der Waals surface area contributed by atoms with Crippen LogP contribution in [0.2, 0.25) is 0 Å². The van der Waals surface area contributed by atoms with Crippen LogP contribution in [0.4, 0.5) is 0 Å². The van der Waals surface area contributed by atoms with Crippen molar-refractivity contribution in [3.63, 3.8) is 0 Å². The van der Waals surface area contributed by atoms with Crippen LogP contribution in [0.15, 0.2) is 12.3 Å². The highest BCUT2D eigenvalue weighted by Gasteiger charge is 2.19. The average Bonchev–Trinajstić information content (AvgIpc) is 2.81. The SMILES string of the molecule is COc1ncc(C2CCCS2)cc1CN. The lowest BCUT2D eigenvalue weighted by atomic mass is 10.1. The Balaban J connectivity index is 2.25. The van der Waals surface area contributed by atoms with Crippen LogP contribution in [-0.2, 0) is 6.54 Å². The second-order valence-electron chi connectivity index (χ2n) is 3.64. The van der Waals surface area contributed by atoms with E-state index in [1.807, 2.05) is 18.0 Å². The minimum Gasteiger partial charge on any atom is -0.481 e. The minimum absolute atomic E-state index is 0.488. The van der Waals surface area contributed by atoms with Crippen LogP contribution in [0, 0.1) is 0 Å². The van der Waals surface area contributed by atoms with E-state index >= 15 is 0 Å². The van der Waals surface area contributed by atoms with Gasteiger partial charge in [-0.05, 0) is 30.2 Å². The first kappa shape index (κ1) is 10.8. The van der Waals surface area contributed by atoms with E-state index in [0.29, 0.717) is 17.7 Å². The van der Waals surface area contributed by atoms with E-state index < -0.39 is 0 Å². The van der Waals surface area contributed by atoms with Crippen molar-refractivity contribution < 1.29 is 4.74 Å². The second kappa shape index (κ2) is 4.86. The van der Waals surface area contributed by atoms with Crippen molar-refractivity contribution in [1.29, 1.82) is 0 Å². The Kier molecular flexibility index (Phi) is 3.49. The summed E-state index contributed by atoms with van der Waals surface area (Å²) in [5.41, 5.74) is 7.96. The van der Waals surface area contributed by atoms with Gasteiger partial charge in [0.2, 0.25) is 5.88 Å². The summed E-state index contributed by atoms with van der Waals surface area (Å²) in [6, 6.07) is 2.13. The van der Waals surface area contributed by atoms with Crippen molar-refractivity contribution in [3.8, 4) is 5.88 Å². The molecule has 82 valence electrons. The summed E-state index contributed by atoms with van der Waals surface area (Å²) in [4.78, 5) is 4.30. The molecule has 0 saturated carbocycles. The van der Waals surface area contributed by atoms with E-state index in [0.717, 1.165) is 5.56 Å². The monoisotopic (exact) mass is 224 g/mol. The van der Waals surface area contributed by atoms with Crippen molar-refractivity contribution in [2.24, 2.45) is 5.73 Å². The third-order valence-corrected chi connectivity index (χ3v) is 4.10. The summed E-state index contributed by atoms with van der Waals surface area (Å²) in [6.45, 7) is 0.488. The molecule has 1 aromatic heterocycles. The predicted octanol–water partition coefficient (Wildman–Crippen LogP) is 2.12. The first-order valence-corrected chi connectivity index (χ1v) is 6.24. The Hall–Kier alpha value is -0.740. The number of nitrogens with zero attached hydrogens (tertiary/aromatic N) is 1. The summed E-state index contributed by atoms with van der Waals surface area (Å²) >= 11 is 2.01. The van der Waals surface area contributed by atoms with Crippen LogP contribution in [0.1, 0.15) is 29.2 Å². The minimum atomic E-state index is 0.488. The van der Waals surface area contributed by atoms with Gasteiger partial charge in [0.1, 0.15) is 0 Å². The van der Waals surface area contributed by atoms with Crippen LogP contribution in [0.25, 0.3) is 0 Å². The molecule has 1 aromatic rings. The van der Waals surface area contributed by atoms with E-state index in [2.05, 4.69) is 11.1 Å². The molecule has 0 radical (unpaired) electrons. The molecule has 1 unspecified atom stereocenters. The fourth-order valence-electron chi connectivity index (χ4n) is 1.86. The van der Waals surface area contributed by atoms with Gasteiger partial charge in [-0.3, -0.25) is 0 Å². The van der Waals surface area contributed by atoms with Gasteiger partial charge in [-0.15, -0.1) is 0 Å². The predicted molar refractivity (Wildman–Crippen MR) is 63.1 cm³/mol. The van der Waals surface area contributed by atoms with Gasteiger partial charge >= 0.3 is 0 Å². The Morgan fingerprint density at radius 1 is 1.67 bits per heavy atom. The molecule has 0 amide bonds. The first-order chi connectivity index (χ1) is 7.35. The fourth-order valence-corrected chi connectivity index (χ4v) is 3.14. The molecule has 1 aliphatic rings. The maximum Gasteiger partial charge on any atom is 0.217 e. The van der Waals surface area contributed by atoms with Gasteiger partial charge in [-0.2, -0.15) is 11.8 Å². The summed E-state index contributed by atoms with van der Waals surface area (Å²) in [5.74, 6) is 1.92. The quantitative estimate of drug-likeness (QED) is 0.854. The lowest BCUT2D eigenvalue weighted by Gasteiger charge is -2.11. The Bertz CT molecular complexity index is 337. The number of hydrogen-bond donors (Lipinski definition) is 1. The zero-order chi connectivity index (χ0) is 10.7. The second-order valence-corrected chi connectivity index (χ2v) is 4.95. The highest BCUT2D eigenvalue weighted by molar-refractivity contribution is 7.99. The van der Waals surface area contributed by atoms with Crippen LogP contribution in [0.5, 0.6) is 5.88 Å². The fraction of sp³-hybridized carbons (Fsp3) is 0.545. The number of methoxy groups -OCH3 is 1.